The first-order valence-corrected chi connectivity index (χ1v) is 10.0. The third-order valence-electron chi connectivity index (χ3n) is 3.31. The third-order valence-corrected chi connectivity index (χ3v) is 4.90. The zero-order valence-electron chi connectivity index (χ0n) is 15.6. The number of para-hydroxylation sites is 3. The van der Waals surface area contributed by atoms with E-state index in [1.54, 1.807) is 32.0 Å². The Hall–Kier alpha value is -2.90. The van der Waals surface area contributed by atoms with E-state index in [-0.39, 0.29) is 17.6 Å². The lowest BCUT2D eigenvalue weighted by Gasteiger charge is -2.23. The maximum atomic E-state index is 13.3. The number of nitro groups is 1. The molecule has 0 saturated carbocycles. The number of benzene rings is 2. The molecule has 2 aromatic carbocycles. The van der Waals surface area contributed by atoms with Crippen molar-refractivity contribution in [1.82, 2.24) is 5.09 Å². The third kappa shape index (κ3) is 6.07. The van der Waals surface area contributed by atoms with E-state index < -0.39 is 30.4 Å². The van der Waals surface area contributed by atoms with Gasteiger partial charge >= 0.3 is 19.4 Å². The fourth-order valence-corrected chi connectivity index (χ4v) is 3.67. The minimum absolute atomic E-state index is 0.196. The second-order valence-electron chi connectivity index (χ2n) is 6.05. The Morgan fingerprint density at radius 3 is 2.25 bits per heavy atom. The largest absolute Gasteiger partial charge is 0.513 e. The van der Waals surface area contributed by atoms with Gasteiger partial charge in [-0.1, -0.05) is 30.3 Å². The highest BCUT2D eigenvalue weighted by Gasteiger charge is 2.35. The normalized spacial score (nSPS) is 14.0. The summed E-state index contributed by atoms with van der Waals surface area (Å²) in [5.74, 6) is -0.733. The highest BCUT2D eigenvalue weighted by Crippen LogP contribution is 2.47. The highest BCUT2D eigenvalue weighted by molar-refractivity contribution is 7.52. The Morgan fingerprint density at radius 2 is 1.64 bits per heavy atom. The van der Waals surface area contributed by atoms with Crippen LogP contribution in [0.25, 0.3) is 0 Å². The van der Waals surface area contributed by atoms with Gasteiger partial charge in [0, 0.05) is 6.07 Å². The van der Waals surface area contributed by atoms with Crippen LogP contribution < -0.4 is 14.1 Å². The van der Waals surface area contributed by atoms with Crippen LogP contribution in [0.5, 0.6) is 11.5 Å². The first kappa shape index (κ1) is 21.4. The molecular weight excluding hydrogens is 387 g/mol. The molecule has 0 fully saturated rings. The fraction of sp³-hybridized carbons (Fsp3) is 0.278. The lowest BCUT2D eigenvalue weighted by atomic mass is 10.3. The van der Waals surface area contributed by atoms with Crippen LogP contribution in [-0.4, -0.2) is 23.0 Å². The number of esters is 1. The number of ether oxygens (including phenoxy) is 1. The number of carbonyl (C=O) groups is 1. The van der Waals surface area contributed by atoms with Crippen molar-refractivity contribution in [3.63, 3.8) is 0 Å². The quantitative estimate of drug-likeness (QED) is 0.285. The second kappa shape index (κ2) is 9.34. The van der Waals surface area contributed by atoms with Crippen molar-refractivity contribution in [3.8, 4) is 11.5 Å². The molecule has 2 rings (SSSR count). The van der Waals surface area contributed by atoms with Crippen molar-refractivity contribution in [1.29, 1.82) is 0 Å². The van der Waals surface area contributed by atoms with Gasteiger partial charge in [0.05, 0.1) is 11.0 Å². The molecule has 0 aliphatic rings. The SMILES string of the molecule is CC(C)OC(=O)C(C)NP(=O)(Oc1ccccc1)Oc1ccccc1[N+](=O)[O-]. The summed E-state index contributed by atoms with van der Waals surface area (Å²) in [6.07, 6.45) is -0.373. The van der Waals surface area contributed by atoms with Gasteiger partial charge in [-0.15, -0.1) is 0 Å². The number of carbonyl (C=O) groups excluding carboxylic acids is 1. The van der Waals surface area contributed by atoms with Crippen LogP contribution in [-0.2, 0) is 14.1 Å². The van der Waals surface area contributed by atoms with Gasteiger partial charge in [-0.25, -0.2) is 4.57 Å². The van der Waals surface area contributed by atoms with Gasteiger partial charge in [0.25, 0.3) is 0 Å². The summed E-state index contributed by atoms with van der Waals surface area (Å²) in [7, 11) is -4.24. The van der Waals surface area contributed by atoms with Crippen molar-refractivity contribution in [2.45, 2.75) is 32.9 Å². The molecule has 9 nitrogen and oxygen atoms in total. The molecule has 0 aromatic heterocycles. The molecule has 2 atom stereocenters. The Kier molecular flexibility index (Phi) is 7.14. The predicted molar refractivity (Wildman–Crippen MR) is 102 cm³/mol. The topological polar surface area (TPSA) is 117 Å². The molecule has 150 valence electrons. The van der Waals surface area contributed by atoms with E-state index in [4.69, 9.17) is 13.8 Å². The van der Waals surface area contributed by atoms with Gasteiger partial charge in [-0.3, -0.25) is 14.9 Å². The predicted octanol–water partition coefficient (Wildman–Crippen LogP) is 4.09. The molecule has 0 spiro atoms. The minimum Gasteiger partial charge on any atom is -0.462 e. The molecule has 2 unspecified atom stereocenters. The van der Waals surface area contributed by atoms with Gasteiger partial charge in [-0.2, -0.15) is 5.09 Å². The molecule has 10 heteroatoms. The van der Waals surface area contributed by atoms with Gasteiger partial charge in [-0.05, 0) is 39.0 Å². The summed E-state index contributed by atoms with van der Waals surface area (Å²) in [5.41, 5.74) is -0.390. The van der Waals surface area contributed by atoms with Crippen LogP contribution in [0, 0.1) is 10.1 Å². The fourth-order valence-electron chi connectivity index (χ4n) is 2.13. The summed E-state index contributed by atoms with van der Waals surface area (Å²) in [6, 6.07) is 12.5. The van der Waals surface area contributed by atoms with Gasteiger partial charge < -0.3 is 13.8 Å². The van der Waals surface area contributed by atoms with E-state index in [9.17, 15) is 19.5 Å². The molecular formula is C18H21N2O7P. The Morgan fingerprint density at radius 1 is 1.04 bits per heavy atom. The molecule has 1 N–H and O–H groups in total. The smallest absolute Gasteiger partial charge is 0.462 e. The van der Waals surface area contributed by atoms with Crippen LogP contribution in [0.1, 0.15) is 20.8 Å². The van der Waals surface area contributed by atoms with Crippen molar-refractivity contribution in [3.05, 3.63) is 64.7 Å². The average molecular weight is 408 g/mol. The average Bonchev–Trinajstić information content (AvgIpc) is 2.61. The van der Waals surface area contributed by atoms with Crippen molar-refractivity contribution in [2.75, 3.05) is 0 Å². The maximum Gasteiger partial charge on any atom is 0.513 e. The van der Waals surface area contributed by atoms with E-state index in [2.05, 4.69) is 5.09 Å². The second-order valence-corrected chi connectivity index (χ2v) is 7.67. The number of nitrogens with zero attached hydrogens (tertiary/aromatic N) is 1. The van der Waals surface area contributed by atoms with E-state index in [1.807, 2.05) is 0 Å². The van der Waals surface area contributed by atoms with Crippen LogP contribution in [0.3, 0.4) is 0 Å². The van der Waals surface area contributed by atoms with Gasteiger partial charge in [0.15, 0.2) is 0 Å². The first-order valence-electron chi connectivity index (χ1n) is 8.46. The van der Waals surface area contributed by atoms with Crippen molar-refractivity contribution >= 4 is 19.4 Å². The Labute approximate surface area is 162 Å². The number of nitrogens with one attached hydrogen (secondary N) is 1. The lowest BCUT2D eigenvalue weighted by molar-refractivity contribution is -0.385. The number of nitro benzene ring substituents is 1. The number of rotatable bonds is 9. The van der Waals surface area contributed by atoms with Gasteiger partial charge in [0.1, 0.15) is 11.8 Å². The summed E-state index contributed by atoms with van der Waals surface area (Å²) in [4.78, 5) is 22.6. The standard InChI is InChI=1S/C18H21N2O7P/c1-13(2)25-18(21)14(3)19-28(24,26-15-9-5-4-6-10-15)27-17-12-8-7-11-16(17)20(22)23/h4-14H,1-3H3,(H,19,24). The lowest BCUT2D eigenvalue weighted by Crippen LogP contribution is -2.36. The van der Waals surface area contributed by atoms with E-state index in [0.29, 0.717) is 0 Å². The molecule has 0 heterocycles. The highest BCUT2D eigenvalue weighted by atomic mass is 31.2. The maximum absolute atomic E-state index is 13.3. The molecule has 0 aliphatic carbocycles. The summed E-state index contributed by atoms with van der Waals surface area (Å²) in [6.45, 7) is 4.78. The van der Waals surface area contributed by atoms with Crippen LogP contribution in [0.15, 0.2) is 54.6 Å². The molecule has 2 aromatic rings. The Bertz CT molecular complexity index is 873. The zero-order chi connectivity index (χ0) is 20.7. The van der Waals surface area contributed by atoms with Gasteiger partial charge in [0.2, 0.25) is 5.75 Å². The van der Waals surface area contributed by atoms with Crippen LogP contribution >= 0.6 is 7.75 Å². The minimum atomic E-state index is -4.24. The monoisotopic (exact) mass is 408 g/mol. The van der Waals surface area contributed by atoms with E-state index >= 15 is 0 Å². The number of hydrogen-bond acceptors (Lipinski definition) is 7. The zero-order valence-corrected chi connectivity index (χ0v) is 16.5. The van der Waals surface area contributed by atoms with Crippen LogP contribution in [0.2, 0.25) is 0 Å². The number of hydrogen-bond donors (Lipinski definition) is 1. The molecule has 0 radical (unpaired) electrons. The Balaban J connectivity index is 2.32. The van der Waals surface area contributed by atoms with E-state index in [0.717, 1.165) is 0 Å². The molecule has 28 heavy (non-hydrogen) atoms. The summed E-state index contributed by atoms with van der Waals surface area (Å²) < 4.78 is 29.3. The molecule has 0 bridgehead atoms. The summed E-state index contributed by atoms with van der Waals surface area (Å²) in [5, 5.41) is 13.7. The molecule has 0 amide bonds. The molecule has 0 aliphatic heterocycles. The molecule has 0 saturated heterocycles. The summed E-state index contributed by atoms with van der Waals surface area (Å²) >= 11 is 0. The van der Waals surface area contributed by atoms with Crippen LogP contribution in [0.4, 0.5) is 5.69 Å². The van der Waals surface area contributed by atoms with Crippen molar-refractivity contribution < 1.29 is 28.1 Å². The van der Waals surface area contributed by atoms with Crippen molar-refractivity contribution in [2.24, 2.45) is 0 Å². The first-order chi connectivity index (χ1) is 13.2. The van der Waals surface area contributed by atoms with E-state index in [1.165, 1.54) is 43.3 Å².